The molecule has 100 valence electrons. The Kier molecular flexibility index (Phi) is 3.39. The van der Waals surface area contributed by atoms with E-state index in [1.165, 1.54) is 0 Å². The summed E-state index contributed by atoms with van der Waals surface area (Å²) in [6, 6.07) is 9.68. The van der Waals surface area contributed by atoms with Crippen molar-refractivity contribution >= 4 is 22.6 Å². The summed E-state index contributed by atoms with van der Waals surface area (Å²) in [5.41, 5.74) is 2.26. The lowest BCUT2D eigenvalue weighted by molar-refractivity contribution is 0.768. The van der Waals surface area contributed by atoms with E-state index in [9.17, 15) is 4.79 Å². The molecule has 1 aromatic carbocycles. The number of benzene rings is 1. The van der Waals surface area contributed by atoms with E-state index in [4.69, 9.17) is 0 Å². The summed E-state index contributed by atoms with van der Waals surface area (Å²) in [6.07, 6.45) is 3.50. The molecule has 0 spiro atoms. The van der Waals surface area contributed by atoms with Crippen LogP contribution in [0.3, 0.4) is 0 Å². The molecule has 0 saturated carbocycles. The molecule has 0 unspecified atom stereocenters. The first-order valence-electron chi connectivity index (χ1n) is 5.99. The van der Waals surface area contributed by atoms with Crippen LogP contribution in [0.15, 0.2) is 47.5 Å². The lowest BCUT2D eigenvalue weighted by atomic mass is 10.1. The Bertz CT molecular complexity index is 808. The second kappa shape index (κ2) is 5.20. The van der Waals surface area contributed by atoms with Crippen LogP contribution in [0.1, 0.15) is 0 Å². The molecule has 0 saturated heterocycles. The number of hydrogen-bond donors (Lipinski definition) is 1. The number of nitrogens with zero attached hydrogens (tertiary/aromatic N) is 3. The van der Waals surface area contributed by atoms with Gasteiger partial charge in [0.15, 0.2) is 0 Å². The van der Waals surface area contributed by atoms with Gasteiger partial charge < -0.3 is 4.98 Å². The van der Waals surface area contributed by atoms with Crippen LogP contribution in [0.2, 0.25) is 0 Å². The summed E-state index contributed by atoms with van der Waals surface area (Å²) >= 11 is 2.02. The lowest BCUT2D eigenvalue weighted by Crippen LogP contribution is -2.14. The fourth-order valence-corrected chi connectivity index (χ4v) is 2.49. The van der Waals surface area contributed by atoms with Crippen molar-refractivity contribution in [1.29, 1.82) is 0 Å². The van der Waals surface area contributed by atoms with E-state index < -0.39 is 0 Å². The predicted octanol–water partition coefficient (Wildman–Crippen LogP) is 2.44. The fourth-order valence-electron chi connectivity index (χ4n) is 1.93. The van der Waals surface area contributed by atoms with Gasteiger partial charge in [-0.25, -0.2) is 4.98 Å². The number of nitrogens with one attached hydrogen (secondary N) is 1. The van der Waals surface area contributed by atoms with Crippen molar-refractivity contribution in [2.75, 3.05) is 0 Å². The summed E-state index contributed by atoms with van der Waals surface area (Å²) in [5.74, 6) is 0.530. The van der Waals surface area contributed by atoms with Gasteiger partial charge in [0, 0.05) is 18.8 Å². The lowest BCUT2D eigenvalue weighted by Gasteiger charge is -2.05. The number of hydrogen-bond acceptors (Lipinski definition) is 3. The van der Waals surface area contributed by atoms with E-state index in [-0.39, 0.29) is 5.56 Å². The van der Waals surface area contributed by atoms with Gasteiger partial charge in [0.25, 0.3) is 5.56 Å². The van der Waals surface area contributed by atoms with E-state index in [1.807, 2.05) is 66.2 Å². The predicted molar refractivity (Wildman–Crippen MR) is 85.2 cm³/mol. The van der Waals surface area contributed by atoms with Gasteiger partial charge in [-0.3, -0.25) is 9.48 Å². The SMILES string of the molecule is Cn1cc(-c2nc(-c3ccccc3)c(I)c(=O)[nH]2)cn1. The minimum absolute atomic E-state index is 0.140. The largest absolute Gasteiger partial charge is 0.305 e. The van der Waals surface area contributed by atoms with Crippen molar-refractivity contribution in [3.63, 3.8) is 0 Å². The molecule has 0 aliphatic heterocycles. The minimum Gasteiger partial charge on any atom is -0.305 e. The molecule has 0 aliphatic carbocycles. The topological polar surface area (TPSA) is 63.6 Å². The Morgan fingerprint density at radius 3 is 2.60 bits per heavy atom. The average molecular weight is 378 g/mol. The van der Waals surface area contributed by atoms with Crippen molar-refractivity contribution < 1.29 is 0 Å². The van der Waals surface area contributed by atoms with Crippen LogP contribution in [0, 0.1) is 3.57 Å². The number of aryl methyl sites for hydroxylation is 1. The molecule has 6 heteroatoms. The molecule has 20 heavy (non-hydrogen) atoms. The van der Waals surface area contributed by atoms with Gasteiger partial charge in [0.2, 0.25) is 0 Å². The molecule has 0 bridgehead atoms. The van der Waals surface area contributed by atoms with Gasteiger partial charge in [-0.15, -0.1) is 0 Å². The normalized spacial score (nSPS) is 10.7. The highest BCUT2D eigenvalue weighted by molar-refractivity contribution is 14.1. The molecule has 2 aromatic heterocycles. The number of aromatic nitrogens is 4. The van der Waals surface area contributed by atoms with Gasteiger partial charge in [0.05, 0.1) is 17.5 Å². The Hall–Kier alpha value is -1.96. The van der Waals surface area contributed by atoms with E-state index in [0.29, 0.717) is 15.1 Å². The van der Waals surface area contributed by atoms with Crippen LogP contribution in [0.5, 0.6) is 0 Å². The summed E-state index contributed by atoms with van der Waals surface area (Å²) in [7, 11) is 1.83. The standard InChI is InChI=1S/C14H11IN4O/c1-19-8-10(7-16-19)13-17-12(11(15)14(20)18-13)9-5-3-2-4-6-9/h2-8H,1H3,(H,17,18,20). The first kappa shape index (κ1) is 13.0. The summed E-state index contributed by atoms with van der Waals surface area (Å²) in [5, 5.41) is 4.10. The van der Waals surface area contributed by atoms with Crippen molar-refractivity contribution in [2.45, 2.75) is 0 Å². The first-order chi connectivity index (χ1) is 9.65. The Labute approximate surface area is 128 Å². The van der Waals surface area contributed by atoms with Crippen LogP contribution >= 0.6 is 22.6 Å². The maximum Gasteiger partial charge on any atom is 0.265 e. The molecule has 0 aliphatic rings. The minimum atomic E-state index is -0.140. The molecule has 0 radical (unpaired) electrons. The highest BCUT2D eigenvalue weighted by atomic mass is 127. The summed E-state index contributed by atoms with van der Waals surface area (Å²) in [4.78, 5) is 19.4. The molecule has 2 heterocycles. The molecular weight excluding hydrogens is 367 g/mol. The van der Waals surface area contributed by atoms with E-state index in [1.54, 1.807) is 10.9 Å². The first-order valence-corrected chi connectivity index (χ1v) is 7.07. The van der Waals surface area contributed by atoms with Gasteiger partial charge in [-0.05, 0) is 22.6 Å². The second-order valence-corrected chi connectivity index (χ2v) is 5.42. The molecule has 0 atom stereocenters. The van der Waals surface area contributed by atoms with Crippen molar-refractivity contribution in [3.8, 4) is 22.6 Å². The molecule has 1 N–H and O–H groups in total. The van der Waals surface area contributed by atoms with Crippen molar-refractivity contribution in [3.05, 3.63) is 56.6 Å². The van der Waals surface area contributed by atoms with Crippen LogP contribution in [-0.4, -0.2) is 19.7 Å². The number of rotatable bonds is 2. The second-order valence-electron chi connectivity index (χ2n) is 4.35. The third kappa shape index (κ3) is 2.38. The van der Waals surface area contributed by atoms with Crippen LogP contribution < -0.4 is 5.56 Å². The van der Waals surface area contributed by atoms with Crippen LogP contribution in [-0.2, 0) is 7.05 Å². The Balaban J connectivity index is 2.21. The fraction of sp³-hybridized carbons (Fsp3) is 0.0714. The molecule has 3 rings (SSSR count). The van der Waals surface area contributed by atoms with Gasteiger partial charge in [-0.1, -0.05) is 30.3 Å². The highest BCUT2D eigenvalue weighted by Crippen LogP contribution is 2.22. The number of aromatic amines is 1. The van der Waals surface area contributed by atoms with E-state index in [0.717, 1.165) is 11.1 Å². The van der Waals surface area contributed by atoms with E-state index in [2.05, 4.69) is 15.1 Å². The zero-order valence-electron chi connectivity index (χ0n) is 10.7. The molecule has 3 aromatic rings. The smallest absolute Gasteiger partial charge is 0.265 e. The summed E-state index contributed by atoms with van der Waals surface area (Å²) < 4.78 is 2.26. The molecular formula is C14H11IN4O. The average Bonchev–Trinajstić information content (AvgIpc) is 2.89. The van der Waals surface area contributed by atoms with Crippen molar-refractivity contribution in [1.82, 2.24) is 19.7 Å². The van der Waals surface area contributed by atoms with Gasteiger partial charge in [-0.2, -0.15) is 5.10 Å². The zero-order chi connectivity index (χ0) is 14.1. The Morgan fingerprint density at radius 2 is 1.95 bits per heavy atom. The maximum absolute atomic E-state index is 12.1. The van der Waals surface area contributed by atoms with Crippen molar-refractivity contribution in [2.24, 2.45) is 7.05 Å². The maximum atomic E-state index is 12.1. The van der Waals surface area contributed by atoms with Crippen LogP contribution in [0.25, 0.3) is 22.6 Å². The summed E-state index contributed by atoms with van der Waals surface area (Å²) in [6.45, 7) is 0. The Morgan fingerprint density at radius 1 is 1.20 bits per heavy atom. The molecule has 0 fully saturated rings. The van der Waals surface area contributed by atoms with Gasteiger partial charge in [0.1, 0.15) is 9.39 Å². The number of halogens is 1. The zero-order valence-corrected chi connectivity index (χ0v) is 12.8. The number of H-pyrrole nitrogens is 1. The third-order valence-corrected chi connectivity index (χ3v) is 3.89. The van der Waals surface area contributed by atoms with E-state index >= 15 is 0 Å². The van der Waals surface area contributed by atoms with Crippen LogP contribution in [0.4, 0.5) is 0 Å². The van der Waals surface area contributed by atoms with Gasteiger partial charge >= 0.3 is 0 Å². The monoisotopic (exact) mass is 378 g/mol. The third-order valence-electron chi connectivity index (χ3n) is 2.89. The molecule has 0 amide bonds. The molecule has 5 nitrogen and oxygen atoms in total. The quantitative estimate of drug-likeness (QED) is 0.697. The highest BCUT2D eigenvalue weighted by Gasteiger charge is 2.12.